The molecule has 2 aromatic heterocycles. The molecule has 0 unspecified atom stereocenters. The molecule has 13 heteroatoms. The van der Waals surface area contributed by atoms with Crippen molar-refractivity contribution in [3.8, 4) is 46.0 Å². The SMILES string of the molecule is CC1c2cc(c(O)cc2O)C(C)c2cc(c(O)cc2O)C(C)c2cc(c(O)cc2O)C(C)c2cc1c(O)cc2O.CO.Cc1cc[n+]([O-])cc1.Cc1cc[n+]([O-])cc1. The second-order valence-corrected chi connectivity index (χ2v) is 14.2. The van der Waals surface area contributed by atoms with Gasteiger partial charge in [0.25, 0.3) is 0 Å². The summed E-state index contributed by atoms with van der Waals surface area (Å²) in [6.45, 7) is 10.9. The minimum Gasteiger partial charge on any atom is -0.619 e. The van der Waals surface area contributed by atoms with Crippen molar-refractivity contribution in [3.63, 3.8) is 0 Å². The molecule has 0 saturated carbocycles. The van der Waals surface area contributed by atoms with Gasteiger partial charge in [0.2, 0.25) is 0 Å². The number of aliphatic hydroxyl groups excluding tert-OH is 1. The van der Waals surface area contributed by atoms with Crippen molar-refractivity contribution in [1.29, 1.82) is 0 Å². The van der Waals surface area contributed by atoms with E-state index in [0.717, 1.165) is 27.7 Å². The summed E-state index contributed by atoms with van der Waals surface area (Å²) in [5.41, 5.74) is 5.39. The molecule has 306 valence electrons. The lowest BCUT2D eigenvalue weighted by atomic mass is 9.81. The summed E-state index contributed by atoms with van der Waals surface area (Å²) >= 11 is 0. The van der Waals surface area contributed by atoms with Crippen LogP contribution in [0.4, 0.5) is 0 Å². The zero-order chi connectivity index (χ0) is 43.2. The maximum absolute atomic E-state index is 10.8. The number of aromatic hydroxyl groups is 8. The molecular weight excluding hydrogens is 744 g/mol. The van der Waals surface area contributed by atoms with Gasteiger partial charge in [-0.15, -0.1) is 0 Å². The standard InChI is InChI=1S/C32H32O8.2C6H7NO.CH4O/c1-13-17-5-19(27(35)9-25(17)33)14(2)21-7-23(31(39)11-29(21)37)16(4)24-8-22(30(38)12-32(24)40)15(3)20-6-18(13)26(34)10-28(20)36;2*1-6-2-4-7(8)5-3-6;1-2/h5-16,33-40H,1-4H3;2*2-5H,1H3;2H,1H3. The molecule has 7 rings (SSSR count). The van der Waals surface area contributed by atoms with Crippen LogP contribution in [0, 0.1) is 24.3 Å². The molecule has 0 radical (unpaired) electrons. The summed E-state index contributed by atoms with van der Waals surface area (Å²) in [5, 5.41) is 114. The van der Waals surface area contributed by atoms with Crippen molar-refractivity contribution >= 4 is 0 Å². The number of phenols is 8. The van der Waals surface area contributed by atoms with Crippen LogP contribution in [0.2, 0.25) is 0 Å². The highest BCUT2D eigenvalue weighted by atomic mass is 16.5. The second kappa shape index (κ2) is 18.4. The summed E-state index contributed by atoms with van der Waals surface area (Å²) < 4.78 is 1.54. The predicted octanol–water partition coefficient (Wildman–Crippen LogP) is 7.12. The van der Waals surface area contributed by atoms with Gasteiger partial charge in [0.15, 0.2) is 24.8 Å². The topological polar surface area (TPSA) is 236 Å². The Morgan fingerprint density at radius 2 is 0.500 bits per heavy atom. The van der Waals surface area contributed by atoms with E-state index in [0.29, 0.717) is 44.5 Å². The second-order valence-electron chi connectivity index (χ2n) is 14.2. The molecule has 0 aliphatic heterocycles. The van der Waals surface area contributed by atoms with Crippen LogP contribution in [-0.2, 0) is 0 Å². The van der Waals surface area contributed by atoms with Gasteiger partial charge in [0.05, 0.1) is 0 Å². The van der Waals surface area contributed by atoms with E-state index >= 15 is 0 Å². The summed E-state index contributed by atoms with van der Waals surface area (Å²) in [6.07, 6.45) is 5.93. The van der Waals surface area contributed by atoms with Crippen molar-refractivity contribution in [2.24, 2.45) is 0 Å². The monoisotopic (exact) mass is 794 g/mol. The third-order valence-electron chi connectivity index (χ3n) is 10.4. The van der Waals surface area contributed by atoms with Crippen LogP contribution in [0.15, 0.2) is 97.6 Å². The first-order chi connectivity index (χ1) is 27.4. The lowest BCUT2D eigenvalue weighted by molar-refractivity contribution is -0.605. The molecule has 0 saturated heterocycles. The van der Waals surface area contributed by atoms with Crippen LogP contribution in [0.1, 0.15) is 107 Å². The molecule has 13 nitrogen and oxygen atoms in total. The van der Waals surface area contributed by atoms with E-state index in [9.17, 15) is 51.3 Å². The quantitative estimate of drug-likeness (QED) is 0.0555. The third kappa shape index (κ3) is 9.56. The van der Waals surface area contributed by atoms with Gasteiger partial charge in [0, 0.05) is 124 Å². The van der Waals surface area contributed by atoms with E-state index < -0.39 is 23.7 Å². The number of benzene rings is 4. The van der Waals surface area contributed by atoms with Crippen molar-refractivity contribution < 1.29 is 55.4 Å². The van der Waals surface area contributed by atoms with Crippen molar-refractivity contribution in [2.75, 3.05) is 7.11 Å². The Morgan fingerprint density at radius 1 is 0.345 bits per heavy atom. The predicted molar refractivity (Wildman–Crippen MR) is 218 cm³/mol. The van der Waals surface area contributed by atoms with Crippen LogP contribution in [0.5, 0.6) is 46.0 Å². The highest BCUT2D eigenvalue weighted by Crippen LogP contribution is 2.49. The molecular formula is C45H50N2O11. The molecule has 58 heavy (non-hydrogen) atoms. The van der Waals surface area contributed by atoms with Crippen LogP contribution in [0.3, 0.4) is 0 Å². The van der Waals surface area contributed by atoms with Gasteiger partial charge in [-0.3, -0.25) is 0 Å². The Balaban J connectivity index is 0.000000339. The highest BCUT2D eigenvalue weighted by molar-refractivity contribution is 5.61. The number of rotatable bonds is 0. The Bertz CT molecular complexity index is 1930. The number of phenolic OH excluding ortho intramolecular Hbond substituents is 8. The summed E-state index contributed by atoms with van der Waals surface area (Å²) in [6, 6.07) is 18.4. The van der Waals surface area contributed by atoms with E-state index in [1.165, 1.54) is 49.1 Å². The minimum absolute atomic E-state index is 0.200. The van der Waals surface area contributed by atoms with E-state index in [1.54, 1.807) is 76.2 Å². The van der Waals surface area contributed by atoms with E-state index in [-0.39, 0.29) is 46.0 Å². The van der Waals surface area contributed by atoms with Crippen molar-refractivity contribution in [3.05, 3.63) is 164 Å². The number of pyridine rings is 2. The number of aryl methyl sites for hydroxylation is 2. The molecule has 6 aromatic rings. The Morgan fingerprint density at radius 3 is 0.638 bits per heavy atom. The Hall–Kier alpha value is -6.86. The first-order valence-corrected chi connectivity index (χ1v) is 18.4. The van der Waals surface area contributed by atoms with Gasteiger partial charge in [0.1, 0.15) is 46.0 Å². The molecule has 0 fully saturated rings. The molecule has 1 aliphatic carbocycles. The van der Waals surface area contributed by atoms with Gasteiger partial charge in [-0.1, -0.05) is 27.7 Å². The minimum atomic E-state index is -0.598. The third-order valence-corrected chi connectivity index (χ3v) is 10.4. The van der Waals surface area contributed by atoms with Gasteiger partial charge in [-0.2, -0.15) is 9.46 Å². The molecule has 0 atom stereocenters. The van der Waals surface area contributed by atoms with Crippen LogP contribution >= 0.6 is 0 Å². The Labute approximate surface area is 336 Å². The van der Waals surface area contributed by atoms with Crippen molar-refractivity contribution in [1.82, 2.24) is 0 Å². The zero-order valence-corrected chi connectivity index (χ0v) is 33.3. The first-order valence-electron chi connectivity index (χ1n) is 18.4. The van der Waals surface area contributed by atoms with Gasteiger partial charge >= 0.3 is 0 Å². The number of fused-ring (bicyclic) bond motifs is 8. The summed E-state index contributed by atoms with van der Waals surface area (Å²) in [4.78, 5) is 0. The average Bonchev–Trinajstić information content (AvgIpc) is 3.17. The maximum Gasteiger partial charge on any atom is 0.180 e. The lowest BCUT2D eigenvalue weighted by Crippen LogP contribution is -2.23. The van der Waals surface area contributed by atoms with E-state index in [2.05, 4.69) is 0 Å². The molecule has 9 N–H and O–H groups in total. The largest absolute Gasteiger partial charge is 0.619 e. The van der Waals surface area contributed by atoms with Gasteiger partial charge < -0.3 is 56.4 Å². The number of aliphatic hydroxyl groups is 1. The molecule has 2 heterocycles. The fraction of sp³-hybridized carbons (Fsp3) is 0.244. The van der Waals surface area contributed by atoms with Crippen LogP contribution in [0.25, 0.3) is 0 Å². The molecule has 0 spiro atoms. The normalized spacial score (nSPS) is 16.6. The fourth-order valence-electron chi connectivity index (χ4n) is 6.87. The number of aromatic nitrogens is 2. The number of hydrogen-bond donors (Lipinski definition) is 9. The van der Waals surface area contributed by atoms with Crippen molar-refractivity contribution in [2.45, 2.75) is 65.2 Å². The molecule has 4 aromatic carbocycles. The van der Waals surface area contributed by atoms with Crippen LogP contribution in [-0.4, -0.2) is 53.1 Å². The summed E-state index contributed by atoms with van der Waals surface area (Å²) in [5.74, 6) is -3.99. The number of nitrogens with zero attached hydrogens (tertiary/aromatic N) is 2. The maximum atomic E-state index is 10.8. The number of hydrogen-bond acceptors (Lipinski definition) is 11. The Kier molecular flexibility index (Phi) is 13.9. The summed E-state index contributed by atoms with van der Waals surface area (Å²) in [7, 11) is 1.00. The highest BCUT2D eigenvalue weighted by Gasteiger charge is 2.29. The van der Waals surface area contributed by atoms with Gasteiger partial charge in [-0.25, -0.2) is 0 Å². The fourth-order valence-corrected chi connectivity index (χ4v) is 6.87. The van der Waals surface area contributed by atoms with Gasteiger partial charge in [-0.05, 0) is 49.2 Å². The van der Waals surface area contributed by atoms with E-state index in [4.69, 9.17) is 5.11 Å². The first kappa shape index (κ1) is 43.9. The molecule has 1 aliphatic rings. The van der Waals surface area contributed by atoms with E-state index in [1.807, 2.05) is 13.8 Å². The molecule has 8 bridgehead atoms. The molecule has 0 amide bonds. The zero-order valence-electron chi connectivity index (χ0n) is 33.3. The lowest BCUT2D eigenvalue weighted by Gasteiger charge is -2.25. The average molecular weight is 795 g/mol. The van der Waals surface area contributed by atoms with Crippen LogP contribution < -0.4 is 9.46 Å². The smallest absolute Gasteiger partial charge is 0.180 e.